The highest BCUT2D eigenvalue weighted by atomic mass is 14.7. The van der Waals surface area contributed by atoms with Crippen molar-refractivity contribution in [2.45, 2.75) is 24.3 Å². The summed E-state index contributed by atoms with van der Waals surface area (Å²) in [4.78, 5) is 0. The van der Waals surface area contributed by atoms with Crippen LogP contribution in [0.3, 0.4) is 0 Å². The van der Waals surface area contributed by atoms with E-state index in [9.17, 15) is 0 Å². The summed E-state index contributed by atoms with van der Waals surface area (Å²) in [6.07, 6.45) is 1.10. The molecule has 5 rings (SSSR count). The van der Waals surface area contributed by atoms with E-state index in [0.29, 0.717) is 11.8 Å². The molecule has 2 bridgehead atoms. The maximum atomic E-state index is 6.35. The first-order valence-electron chi connectivity index (χ1n) is 6.29. The van der Waals surface area contributed by atoms with Crippen LogP contribution in [0.5, 0.6) is 0 Å². The average Bonchev–Trinajstić information content (AvgIpc) is 2.39. The molecule has 0 amide bonds. The number of hydrogen-bond acceptors (Lipinski definition) is 1. The normalized spacial score (nSPS) is 28.6. The van der Waals surface area contributed by atoms with Gasteiger partial charge in [-0.05, 0) is 28.7 Å². The molecule has 3 aliphatic rings. The fourth-order valence-electron chi connectivity index (χ4n) is 3.68. The van der Waals surface area contributed by atoms with E-state index in [1.165, 1.54) is 22.3 Å². The van der Waals surface area contributed by atoms with Gasteiger partial charge in [0.25, 0.3) is 0 Å². The highest BCUT2D eigenvalue weighted by Crippen LogP contribution is 2.51. The maximum absolute atomic E-state index is 6.35. The summed E-state index contributed by atoms with van der Waals surface area (Å²) >= 11 is 0. The SMILES string of the molecule is N[C@H]1CC2c3ccccc3C1c1ccccc12. The van der Waals surface area contributed by atoms with Gasteiger partial charge in [-0.25, -0.2) is 0 Å². The number of rotatable bonds is 0. The molecule has 0 fully saturated rings. The Morgan fingerprint density at radius 1 is 0.765 bits per heavy atom. The van der Waals surface area contributed by atoms with Crippen LogP contribution in [0.4, 0.5) is 0 Å². The molecule has 0 heterocycles. The Morgan fingerprint density at radius 2 is 1.24 bits per heavy atom. The van der Waals surface area contributed by atoms with Crippen molar-refractivity contribution >= 4 is 0 Å². The van der Waals surface area contributed by atoms with Crippen LogP contribution < -0.4 is 5.73 Å². The molecule has 0 aliphatic heterocycles. The monoisotopic (exact) mass is 221 g/mol. The topological polar surface area (TPSA) is 26.0 Å². The van der Waals surface area contributed by atoms with Crippen LogP contribution in [0.25, 0.3) is 0 Å². The summed E-state index contributed by atoms with van der Waals surface area (Å²) in [7, 11) is 0. The smallest absolute Gasteiger partial charge is 0.0247 e. The molecule has 2 aromatic carbocycles. The second kappa shape index (κ2) is 3.21. The van der Waals surface area contributed by atoms with E-state index in [-0.39, 0.29) is 6.04 Å². The van der Waals surface area contributed by atoms with E-state index in [2.05, 4.69) is 48.5 Å². The average molecular weight is 221 g/mol. The van der Waals surface area contributed by atoms with Crippen molar-refractivity contribution in [2.24, 2.45) is 5.73 Å². The predicted molar refractivity (Wildman–Crippen MR) is 69.2 cm³/mol. The molecule has 2 aromatic rings. The zero-order valence-electron chi connectivity index (χ0n) is 9.64. The molecule has 0 saturated heterocycles. The summed E-state index contributed by atoms with van der Waals surface area (Å²) in [5.74, 6) is 0.926. The number of fused-ring (bicyclic) bond motifs is 1. The van der Waals surface area contributed by atoms with Crippen LogP contribution >= 0.6 is 0 Å². The molecule has 0 aromatic heterocycles. The predicted octanol–water partition coefficient (Wildman–Crippen LogP) is 2.99. The largest absolute Gasteiger partial charge is 0.327 e. The molecule has 0 spiro atoms. The van der Waals surface area contributed by atoms with Crippen LogP contribution in [-0.4, -0.2) is 6.04 Å². The first-order chi connectivity index (χ1) is 8.36. The zero-order chi connectivity index (χ0) is 11.4. The van der Waals surface area contributed by atoms with E-state index >= 15 is 0 Å². The third-order valence-electron chi connectivity index (χ3n) is 4.35. The van der Waals surface area contributed by atoms with Crippen LogP contribution in [0.2, 0.25) is 0 Å². The minimum absolute atomic E-state index is 0.282. The summed E-state index contributed by atoms with van der Waals surface area (Å²) < 4.78 is 0. The molecule has 84 valence electrons. The van der Waals surface area contributed by atoms with Crippen molar-refractivity contribution in [1.29, 1.82) is 0 Å². The fourth-order valence-corrected chi connectivity index (χ4v) is 3.68. The Hall–Kier alpha value is -1.60. The van der Waals surface area contributed by atoms with Gasteiger partial charge >= 0.3 is 0 Å². The van der Waals surface area contributed by atoms with Crippen molar-refractivity contribution in [2.75, 3.05) is 0 Å². The standard InChI is InChI=1S/C16H15N/c17-15-9-14-10-5-1-3-7-12(10)16(15)13-8-4-2-6-11(13)14/h1-8,14-16H,9,17H2/t14?,15-,16?/m0/s1. The van der Waals surface area contributed by atoms with Crippen LogP contribution in [0.15, 0.2) is 48.5 Å². The van der Waals surface area contributed by atoms with Crippen LogP contribution in [0, 0.1) is 0 Å². The van der Waals surface area contributed by atoms with Gasteiger partial charge in [-0.3, -0.25) is 0 Å². The number of hydrogen-bond donors (Lipinski definition) is 1. The molecule has 1 nitrogen and oxygen atoms in total. The molecule has 1 atom stereocenters. The second-order valence-electron chi connectivity index (χ2n) is 5.19. The van der Waals surface area contributed by atoms with Gasteiger partial charge in [0.15, 0.2) is 0 Å². The van der Waals surface area contributed by atoms with Crippen molar-refractivity contribution in [3.05, 3.63) is 70.8 Å². The quantitative estimate of drug-likeness (QED) is 0.727. The van der Waals surface area contributed by atoms with Crippen LogP contribution in [-0.2, 0) is 0 Å². The molecule has 0 saturated carbocycles. The number of benzene rings is 2. The molecular weight excluding hydrogens is 206 g/mol. The lowest BCUT2D eigenvalue weighted by Gasteiger charge is -2.44. The van der Waals surface area contributed by atoms with Gasteiger partial charge < -0.3 is 5.73 Å². The summed E-state index contributed by atoms with van der Waals surface area (Å²) in [5.41, 5.74) is 12.3. The summed E-state index contributed by atoms with van der Waals surface area (Å²) in [6.45, 7) is 0. The zero-order valence-corrected chi connectivity index (χ0v) is 9.64. The highest BCUT2D eigenvalue weighted by molar-refractivity contribution is 5.56. The lowest BCUT2D eigenvalue weighted by molar-refractivity contribution is 0.447. The summed E-state index contributed by atoms with van der Waals surface area (Å²) in [6, 6.07) is 17.9. The van der Waals surface area contributed by atoms with Gasteiger partial charge in [-0.15, -0.1) is 0 Å². The molecule has 0 unspecified atom stereocenters. The minimum Gasteiger partial charge on any atom is -0.327 e. The molecule has 2 N–H and O–H groups in total. The molecule has 3 aliphatic carbocycles. The maximum Gasteiger partial charge on any atom is 0.0247 e. The molecule has 17 heavy (non-hydrogen) atoms. The number of nitrogens with two attached hydrogens (primary N) is 1. The lowest BCUT2D eigenvalue weighted by atomic mass is 9.62. The third-order valence-corrected chi connectivity index (χ3v) is 4.35. The lowest BCUT2D eigenvalue weighted by Crippen LogP contribution is -2.40. The van der Waals surface area contributed by atoms with E-state index in [1.807, 2.05) is 0 Å². The van der Waals surface area contributed by atoms with E-state index < -0.39 is 0 Å². The fraction of sp³-hybridized carbons (Fsp3) is 0.250. The summed E-state index contributed by atoms with van der Waals surface area (Å²) in [5, 5.41) is 0. The van der Waals surface area contributed by atoms with Gasteiger partial charge in [0, 0.05) is 17.9 Å². The Bertz CT molecular complexity index is 540. The van der Waals surface area contributed by atoms with Crippen molar-refractivity contribution in [3.8, 4) is 0 Å². The Morgan fingerprint density at radius 3 is 1.76 bits per heavy atom. The van der Waals surface area contributed by atoms with Gasteiger partial charge in [0.2, 0.25) is 0 Å². The van der Waals surface area contributed by atoms with Crippen molar-refractivity contribution < 1.29 is 0 Å². The second-order valence-corrected chi connectivity index (χ2v) is 5.19. The Balaban J connectivity index is 2.04. The Kier molecular flexibility index (Phi) is 1.78. The van der Waals surface area contributed by atoms with E-state index in [0.717, 1.165) is 6.42 Å². The van der Waals surface area contributed by atoms with Crippen molar-refractivity contribution in [3.63, 3.8) is 0 Å². The van der Waals surface area contributed by atoms with Gasteiger partial charge in [-0.2, -0.15) is 0 Å². The van der Waals surface area contributed by atoms with Crippen LogP contribution in [0.1, 0.15) is 40.5 Å². The first-order valence-corrected chi connectivity index (χ1v) is 6.29. The molecule has 1 heteroatoms. The van der Waals surface area contributed by atoms with Gasteiger partial charge in [-0.1, -0.05) is 48.5 Å². The minimum atomic E-state index is 0.282. The van der Waals surface area contributed by atoms with Gasteiger partial charge in [0.1, 0.15) is 0 Å². The van der Waals surface area contributed by atoms with Gasteiger partial charge in [0.05, 0.1) is 0 Å². The Labute approximate surface area is 101 Å². The molecule has 0 radical (unpaired) electrons. The first kappa shape index (κ1) is 9.43. The van der Waals surface area contributed by atoms with E-state index in [1.54, 1.807) is 0 Å². The third kappa shape index (κ3) is 1.12. The van der Waals surface area contributed by atoms with E-state index in [4.69, 9.17) is 5.73 Å². The highest BCUT2D eigenvalue weighted by Gasteiger charge is 2.41. The molecular formula is C16H15N. The van der Waals surface area contributed by atoms with Crippen molar-refractivity contribution in [1.82, 2.24) is 0 Å².